The maximum atomic E-state index is 13.5. The molecule has 8 heteroatoms. The van der Waals surface area contributed by atoms with Crippen molar-refractivity contribution in [1.82, 2.24) is 9.80 Å². The Labute approximate surface area is 191 Å². The predicted molar refractivity (Wildman–Crippen MR) is 119 cm³/mol. The van der Waals surface area contributed by atoms with Crippen LogP contribution in [0.25, 0.3) is 0 Å². The van der Waals surface area contributed by atoms with Crippen LogP contribution < -0.4 is 9.47 Å². The summed E-state index contributed by atoms with van der Waals surface area (Å²) >= 11 is 1.63. The summed E-state index contributed by atoms with van der Waals surface area (Å²) in [6.07, 6.45) is 3.83. The Morgan fingerprint density at radius 3 is 2.66 bits per heavy atom. The number of carbonyl (C=O) groups is 2. The van der Waals surface area contributed by atoms with Crippen molar-refractivity contribution in [2.24, 2.45) is 5.92 Å². The SMILES string of the molecule is O=C(CN(CC1CCCO1)C(=O)C1CC1)N(Cc1ccc2c(c1)OCO2)Cc1cccs1. The first kappa shape index (κ1) is 21.3. The summed E-state index contributed by atoms with van der Waals surface area (Å²) < 4.78 is 16.7. The highest BCUT2D eigenvalue weighted by Crippen LogP contribution is 2.33. The first-order valence-electron chi connectivity index (χ1n) is 11.2. The third-order valence-corrected chi connectivity index (χ3v) is 6.96. The van der Waals surface area contributed by atoms with E-state index >= 15 is 0 Å². The van der Waals surface area contributed by atoms with E-state index in [2.05, 4.69) is 0 Å². The highest BCUT2D eigenvalue weighted by atomic mass is 32.1. The van der Waals surface area contributed by atoms with E-state index in [1.54, 1.807) is 16.2 Å². The summed E-state index contributed by atoms with van der Waals surface area (Å²) in [6, 6.07) is 9.79. The average molecular weight is 457 g/mol. The van der Waals surface area contributed by atoms with Crippen LogP contribution in [0.5, 0.6) is 11.5 Å². The van der Waals surface area contributed by atoms with Crippen molar-refractivity contribution in [3.63, 3.8) is 0 Å². The summed E-state index contributed by atoms with van der Waals surface area (Å²) in [5.41, 5.74) is 0.971. The Morgan fingerprint density at radius 1 is 1.03 bits per heavy atom. The second kappa shape index (κ2) is 9.50. The van der Waals surface area contributed by atoms with E-state index in [4.69, 9.17) is 14.2 Å². The number of ether oxygens (including phenoxy) is 3. The second-order valence-electron chi connectivity index (χ2n) is 8.64. The molecule has 0 spiro atoms. The highest BCUT2D eigenvalue weighted by Gasteiger charge is 2.36. The lowest BCUT2D eigenvalue weighted by Gasteiger charge is -2.29. The zero-order valence-electron chi connectivity index (χ0n) is 18.0. The van der Waals surface area contributed by atoms with Gasteiger partial charge in [0.05, 0.1) is 19.2 Å². The van der Waals surface area contributed by atoms with Crippen LogP contribution in [0.15, 0.2) is 35.7 Å². The van der Waals surface area contributed by atoms with E-state index < -0.39 is 0 Å². The molecule has 1 aliphatic carbocycles. The molecule has 5 rings (SSSR count). The number of hydrogen-bond acceptors (Lipinski definition) is 6. The fourth-order valence-corrected chi connectivity index (χ4v) is 4.92. The fraction of sp³-hybridized carbons (Fsp3) is 0.500. The fourth-order valence-electron chi connectivity index (χ4n) is 4.20. The first-order valence-corrected chi connectivity index (χ1v) is 12.1. The van der Waals surface area contributed by atoms with Crippen molar-refractivity contribution in [1.29, 1.82) is 0 Å². The molecule has 1 aromatic carbocycles. The number of hydrogen-bond donors (Lipinski definition) is 0. The summed E-state index contributed by atoms with van der Waals surface area (Å²) in [7, 11) is 0. The van der Waals surface area contributed by atoms with Crippen molar-refractivity contribution in [3.8, 4) is 11.5 Å². The van der Waals surface area contributed by atoms with Gasteiger partial charge in [0.2, 0.25) is 18.6 Å². The number of benzene rings is 1. The zero-order chi connectivity index (χ0) is 21.9. The molecule has 3 heterocycles. The molecule has 2 amide bonds. The van der Waals surface area contributed by atoms with Gasteiger partial charge in [-0.25, -0.2) is 0 Å². The van der Waals surface area contributed by atoms with Crippen LogP contribution in [0.2, 0.25) is 0 Å². The number of amides is 2. The maximum Gasteiger partial charge on any atom is 0.242 e. The number of carbonyl (C=O) groups excluding carboxylic acids is 2. The molecule has 0 bridgehead atoms. The summed E-state index contributed by atoms with van der Waals surface area (Å²) in [5.74, 6) is 1.54. The molecule has 2 fully saturated rings. The van der Waals surface area contributed by atoms with Gasteiger partial charge in [0.15, 0.2) is 11.5 Å². The maximum absolute atomic E-state index is 13.5. The van der Waals surface area contributed by atoms with Gasteiger partial charge in [0.25, 0.3) is 0 Å². The van der Waals surface area contributed by atoms with Gasteiger partial charge < -0.3 is 24.0 Å². The van der Waals surface area contributed by atoms with Gasteiger partial charge in [-0.05, 0) is 54.8 Å². The van der Waals surface area contributed by atoms with E-state index in [0.29, 0.717) is 25.4 Å². The van der Waals surface area contributed by atoms with Gasteiger partial charge in [0.1, 0.15) is 0 Å². The van der Waals surface area contributed by atoms with E-state index in [1.165, 1.54) is 0 Å². The summed E-state index contributed by atoms with van der Waals surface area (Å²) in [4.78, 5) is 31.1. The van der Waals surface area contributed by atoms with Crippen LogP contribution in [0.3, 0.4) is 0 Å². The van der Waals surface area contributed by atoms with Crippen molar-refractivity contribution < 1.29 is 23.8 Å². The molecule has 1 aromatic heterocycles. The number of rotatable bonds is 9. The number of fused-ring (bicyclic) bond motifs is 1. The Kier molecular flexibility index (Phi) is 6.32. The molecule has 2 aliphatic heterocycles. The van der Waals surface area contributed by atoms with Gasteiger partial charge in [-0.3, -0.25) is 9.59 Å². The molecule has 32 heavy (non-hydrogen) atoms. The molecule has 1 saturated carbocycles. The molecule has 1 unspecified atom stereocenters. The quantitative estimate of drug-likeness (QED) is 0.578. The van der Waals surface area contributed by atoms with E-state index in [-0.39, 0.29) is 37.2 Å². The highest BCUT2D eigenvalue weighted by molar-refractivity contribution is 7.09. The monoisotopic (exact) mass is 456 g/mol. The average Bonchev–Trinajstić information content (AvgIpc) is 3.17. The molecule has 1 atom stereocenters. The third-order valence-electron chi connectivity index (χ3n) is 6.10. The second-order valence-corrected chi connectivity index (χ2v) is 9.68. The number of thiophene rings is 1. The molecule has 1 saturated heterocycles. The molecule has 0 radical (unpaired) electrons. The Balaban J connectivity index is 1.31. The first-order chi connectivity index (χ1) is 15.7. The van der Waals surface area contributed by atoms with Crippen LogP contribution in [0.1, 0.15) is 36.1 Å². The lowest BCUT2D eigenvalue weighted by Crippen LogP contribution is -2.45. The Hall–Kier alpha value is -2.58. The van der Waals surface area contributed by atoms with Gasteiger partial charge in [-0.15, -0.1) is 11.3 Å². The molecule has 7 nitrogen and oxygen atoms in total. The van der Waals surface area contributed by atoms with Gasteiger partial charge in [-0.2, -0.15) is 0 Å². The molecule has 3 aliphatic rings. The van der Waals surface area contributed by atoms with Crippen molar-refractivity contribution in [3.05, 3.63) is 46.2 Å². The zero-order valence-corrected chi connectivity index (χ0v) is 18.9. The minimum Gasteiger partial charge on any atom is -0.454 e. The summed E-state index contributed by atoms with van der Waals surface area (Å²) in [5, 5.41) is 2.01. The lowest BCUT2D eigenvalue weighted by atomic mass is 10.1. The van der Waals surface area contributed by atoms with Crippen molar-refractivity contribution in [2.75, 3.05) is 26.5 Å². The largest absolute Gasteiger partial charge is 0.454 e. The molecule has 2 aromatic rings. The summed E-state index contributed by atoms with van der Waals surface area (Å²) in [6.45, 7) is 2.49. The van der Waals surface area contributed by atoms with Crippen LogP contribution in [-0.4, -0.2) is 54.2 Å². The Bertz CT molecular complexity index is 953. The topological polar surface area (TPSA) is 68.3 Å². The lowest BCUT2D eigenvalue weighted by molar-refractivity contribution is -0.143. The van der Waals surface area contributed by atoms with Crippen LogP contribution >= 0.6 is 11.3 Å². The minimum absolute atomic E-state index is 0.0325. The van der Waals surface area contributed by atoms with E-state index in [9.17, 15) is 9.59 Å². The minimum atomic E-state index is -0.0527. The van der Waals surface area contributed by atoms with Crippen molar-refractivity contribution >= 4 is 23.2 Å². The molecule has 170 valence electrons. The predicted octanol–water partition coefficient (Wildman–Crippen LogP) is 3.42. The van der Waals surface area contributed by atoms with E-state index in [0.717, 1.165) is 48.5 Å². The van der Waals surface area contributed by atoms with Crippen LogP contribution in [0.4, 0.5) is 0 Å². The van der Waals surface area contributed by atoms with Crippen molar-refractivity contribution in [2.45, 2.75) is 44.9 Å². The van der Waals surface area contributed by atoms with Gasteiger partial charge >= 0.3 is 0 Å². The normalized spacial score (nSPS) is 19.2. The van der Waals surface area contributed by atoms with Crippen LogP contribution in [0, 0.1) is 5.92 Å². The smallest absolute Gasteiger partial charge is 0.242 e. The number of nitrogens with zero attached hydrogens (tertiary/aromatic N) is 2. The van der Waals surface area contributed by atoms with Gasteiger partial charge in [0, 0.05) is 30.5 Å². The molecular formula is C24H28N2O5S. The third kappa shape index (κ3) is 5.07. The Morgan fingerprint density at radius 2 is 1.91 bits per heavy atom. The van der Waals surface area contributed by atoms with Crippen LogP contribution in [-0.2, 0) is 27.4 Å². The standard InChI is InChI=1S/C24H28N2O5S/c27-23(15-26(24(28)18-6-7-18)13-19-3-1-9-29-19)25(14-20-4-2-10-32-20)12-17-5-8-21-22(11-17)31-16-30-21/h2,4-5,8,10-11,18-19H,1,3,6-7,9,12-16H2. The molecular weight excluding hydrogens is 428 g/mol. The molecule has 0 N–H and O–H groups in total. The van der Waals surface area contributed by atoms with E-state index in [1.807, 2.05) is 40.6 Å². The van der Waals surface area contributed by atoms with Gasteiger partial charge in [-0.1, -0.05) is 12.1 Å².